The van der Waals surface area contributed by atoms with Crippen LogP contribution in [0.4, 0.5) is 0 Å². The van der Waals surface area contributed by atoms with Crippen LogP contribution in [0.25, 0.3) is 11.4 Å². The van der Waals surface area contributed by atoms with Crippen molar-refractivity contribution in [3.05, 3.63) is 128 Å². The van der Waals surface area contributed by atoms with E-state index in [1.54, 1.807) is 29.6 Å². The van der Waals surface area contributed by atoms with Crippen molar-refractivity contribution in [2.45, 2.75) is 19.8 Å². The van der Waals surface area contributed by atoms with Gasteiger partial charge in [-0.3, -0.25) is 19.0 Å². The maximum atomic E-state index is 14.3. The van der Waals surface area contributed by atoms with Crippen LogP contribution in [0.2, 0.25) is 0 Å². The quantitative estimate of drug-likeness (QED) is 0.315. The van der Waals surface area contributed by atoms with Gasteiger partial charge in [-0.2, -0.15) is 0 Å². The molecule has 5 rings (SSSR count). The van der Waals surface area contributed by atoms with Gasteiger partial charge >= 0.3 is 0 Å². The first-order chi connectivity index (χ1) is 18.8. The monoisotopic (exact) mass is 524 g/mol. The second kappa shape index (κ2) is 10.2. The zero-order valence-electron chi connectivity index (χ0n) is 23.0. The minimum atomic E-state index is -0.696. The largest absolute Gasteiger partial charge is 0.497 e. The SMILES string of the molecule is COc1ccc(C(c2c(C)n(C)n(-c3ccccc3)c2=O)c2c(C)n(C)n(-c3ccccc3)c2=O)c(OC)c1. The van der Waals surface area contributed by atoms with Crippen molar-refractivity contribution in [2.75, 3.05) is 14.2 Å². The second-order valence-corrected chi connectivity index (χ2v) is 9.49. The Kier molecular flexibility index (Phi) is 6.78. The highest BCUT2D eigenvalue weighted by Gasteiger charge is 2.34. The van der Waals surface area contributed by atoms with Crippen molar-refractivity contribution in [3.8, 4) is 22.9 Å². The van der Waals surface area contributed by atoms with Gasteiger partial charge in [-0.05, 0) is 44.2 Å². The Labute approximate surface area is 226 Å². The highest BCUT2D eigenvalue weighted by molar-refractivity contribution is 5.54. The summed E-state index contributed by atoms with van der Waals surface area (Å²) in [6.07, 6.45) is 0. The first kappa shape index (κ1) is 25.9. The molecule has 0 saturated heterocycles. The van der Waals surface area contributed by atoms with Gasteiger partial charge in [0, 0.05) is 37.1 Å². The van der Waals surface area contributed by atoms with Crippen LogP contribution < -0.4 is 20.6 Å². The summed E-state index contributed by atoms with van der Waals surface area (Å²) in [5.74, 6) is 0.452. The molecule has 0 N–H and O–H groups in total. The van der Waals surface area contributed by atoms with E-state index in [0.29, 0.717) is 28.2 Å². The van der Waals surface area contributed by atoms with E-state index < -0.39 is 5.92 Å². The number of nitrogens with zero attached hydrogens (tertiary/aromatic N) is 4. The van der Waals surface area contributed by atoms with Gasteiger partial charge in [-0.1, -0.05) is 42.5 Å². The second-order valence-electron chi connectivity index (χ2n) is 9.49. The van der Waals surface area contributed by atoms with Crippen LogP contribution in [0.15, 0.2) is 88.5 Å². The average Bonchev–Trinajstić information content (AvgIpc) is 3.32. The molecule has 8 nitrogen and oxygen atoms in total. The molecule has 0 radical (unpaired) electrons. The molecular formula is C31H32N4O4. The van der Waals surface area contributed by atoms with Crippen LogP contribution >= 0.6 is 0 Å². The first-order valence-electron chi connectivity index (χ1n) is 12.7. The number of hydrogen-bond donors (Lipinski definition) is 0. The summed E-state index contributed by atoms with van der Waals surface area (Å²) in [5.41, 5.74) is 4.32. The Hall–Kier alpha value is -4.72. The topological polar surface area (TPSA) is 72.3 Å². The highest BCUT2D eigenvalue weighted by Crippen LogP contribution is 2.39. The molecule has 0 saturated carbocycles. The number of rotatable bonds is 7. The Balaban J connectivity index is 1.88. The maximum absolute atomic E-state index is 14.3. The molecule has 3 aromatic carbocycles. The number of ether oxygens (including phenoxy) is 2. The molecule has 0 spiro atoms. The van der Waals surface area contributed by atoms with E-state index in [9.17, 15) is 9.59 Å². The summed E-state index contributed by atoms with van der Waals surface area (Å²) in [5, 5.41) is 0. The van der Waals surface area contributed by atoms with E-state index in [1.165, 1.54) is 0 Å². The van der Waals surface area contributed by atoms with E-state index in [1.807, 2.05) is 110 Å². The Bertz CT molecular complexity index is 1650. The van der Waals surface area contributed by atoms with Crippen LogP contribution in [-0.2, 0) is 14.1 Å². The molecule has 200 valence electrons. The Morgan fingerprint density at radius 2 is 1.10 bits per heavy atom. The average molecular weight is 525 g/mol. The Morgan fingerprint density at radius 3 is 1.51 bits per heavy atom. The van der Waals surface area contributed by atoms with Crippen LogP contribution in [0, 0.1) is 13.8 Å². The summed E-state index contributed by atoms with van der Waals surface area (Å²) in [6, 6.07) is 24.5. The van der Waals surface area contributed by atoms with Crippen LogP contribution in [0.3, 0.4) is 0 Å². The van der Waals surface area contributed by atoms with E-state index in [0.717, 1.165) is 22.8 Å². The lowest BCUT2D eigenvalue weighted by Gasteiger charge is -2.20. The van der Waals surface area contributed by atoms with Crippen LogP contribution in [0.1, 0.15) is 34.0 Å². The van der Waals surface area contributed by atoms with Crippen molar-refractivity contribution in [2.24, 2.45) is 14.1 Å². The maximum Gasteiger partial charge on any atom is 0.275 e. The fourth-order valence-corrected chi connectivity index (χ4v) is 5.36. The van der Waals surface area contributed by atoms with E-state index in [-0.39, 0.29) is 11.1 Å². The standard InChI is InChI=1S/C31H32N4O4/c1-20-27(30(36)34(32(20)3)22-13-9-7-10-14-22)29(25-18-17-24(38-5)19-26(25)39-6)28-21(2)33(4)35(31(28)37)23-15-11-8-12-16-23/h7-19,29H,1-6H3. The molecule has 0 aliphatic rings. The lowest BCUT2D eigenvalue weighted by atomic mass is 9.84. The summed E-state index contributed by atoms with van der Waals surface area (Å²) >= 11 is 0. The van der Waals surface area contributed by atoms with Crippen molar-refractivity contribution < 1.29 is 9.47 Å². The number of benzene rings is 3. The van der Waals surface area contributed by atoms with Gasteiger partial charge in [0.15, 0.2) is 0 Å². The van der Waals surface area contributed by atoms with E-state index in [2.05, 4.69) is 0 Å². The lowest BCUT2D eigenvalue weighted by molar-refractivity contribution is 0.390. The molecule has 0 fully saturated rings. The zero-order valence-corrected chi connectivity index (χ0v) is 23.0. The fraction of sp³-hybridized carbons (Fsp3) is 0.226. The van der Waals surface area contributed by atoms with Gasteiger partial charge in [0.05, 0.1) is 42.6 Å². The molecule has 0 amide bonds. The van der Waals surface area contributed by atoms with Gasteiger partial charge in [0.2, 0.25) is 0 Å². The van der Waals surface area contributed by atoms with Crippen molar-refractivity contribution in [3.63, 3.8) is 0 Å². The molecule has 5 aromatic rings. The number of methoxy groups -OCH3 is 2. The third-order valence-corrected chi connectivity index (χ3v) is 7.53. The summed E-state index contributed by atoms with van der Waals surface area (Å²) in [6.45, 7) is 3.82. The molecule has 2 heterocycles. The predicted molar refractivity (Wildman–Crippen MR) is 152 cm³/mol. The summed E-state index contributed by atoms with van der Waals surface area (Å²) < 4.78 is 18.2. The summed E-state index contributed by atoms with van der Waals surface area (Å²) in [7, 11) is 6.88. The molecular weight excluding hydrogens is 492 g/mol. The molecule has 2 aromatic heterocycles. The lowest BCUT2D eigenvalue weighted by Crippen LogP contribution is -2.26. The molecule has 0 aliphatic carbocycles. The highest BCUT2D eigenvalue weighted by atomic mass is 16.5. The zero-order chi connectivity index (χ0) is 27.8. The number of para-hydroxylation sites is 2. The van der Waals surface area contributed by atoms with Crippen molar-refractivity contribution in [1.82, 2.24) is 18.7 Å². The minimum Gasteiger partial charge on any atom is -0.497 e. The van der Waals surface area contributed by atoms with Crippen molar-refractivity contribution >= 4 is 0 Å². The minimum absolute atomic E-state index is 0.196. The molecule has 0 aliphatic heterocycles. The molecule has 8 heteroatoms. The third-order valence-electron chi connectivity index (χ3n) is 7.53. The van der Waals surface area contributed by atoms with Crippen LogP contribution in [-0.4, -0.2) is 32.9 Å². The van der Waals surface area contributed by atoms with Gasteiger partial charge in [0.1, 0.15) is 11.5 Å². The third kappa shape index (κ3) is 4.18. The van der Waals surface area contributed by atoms with Crippen LogP contribution in [0.5, 0.6) is 11.5 Å². The normalized spacial score (nSPS) is 11.3. The molecule has 0 bridgehead atoms. The first-order valence-corrected chi connectivity index (χ1v) is 12.7. The molecule has 0 atom stereocenters. The van der Waals surface area contributed by atoms with E-state index >= 15 is 0 Å². The van der Waals surface area contributed by atoms with Crippen molar-refractivity contribution in [1.29, 1.82) is 0 Å². The number of hydrogen-bond acceptors (Lipinski definition) is 4. The molecule has 0 unspecified atom stereocenters. The molecule has 39 heavy (non-hydrogen) atoms. The van der Waals surface area contributed by atoms with Gasteiger partial charge in [0.25, 0.3) is 11.1 Å². The number of aromatic nitrogens is 4. The van der Waals surface area contributed by atoms with Gasteiger partial charge < -0.3 is 9.47 Å². The van der Waals surface area contributed by atoms with Gasteiger partial charge in [-0.15, -0.1) is 0 Å². The Morgan fingerprint density at radius 1 is 0.641 bits per heavy atom. The fourth-order valence-electron chi connectivity index (χ4n) is 5.36. The smallest absolute Gasteiger partial charge is 0.275 e. The van der Waals surface area contributed by atoms with Gasteiger partial charge in [-0.25, -0.2) is 9.36 Å². The summed E-state index contributed by atoms with van der Waals surface area (Å²) in [4.78, 5) is 28.5. The van der Waals surface area contributed by atoms with E-state index in [4.69, 9.17) is 9.47 Å². The predicted octanol–water partition coefficient (Wildman–Crippen LogP) is 4.48.